The van der Waals surface area contributed by atoms with Crippen LogP contribution in [0.25, 0.3) is 0 Å². The van der Waals surface area contributed by atoms with Gasteiger partial charge in [-0.05, 0) is 45.4 Å². The summed E-state index contributed by atoms with van der Waals surface area (Å²) in [4.78, 5) is 23.9. The fraction of sp³-hybridized carbons (Fsp3) is 0.467. The summed E-state index contributed by atoms with van der Waals surface area (Å²) < 4.78 is 0.909. The number of nitrogens with two attached hydrogens (primary N) is 1. The minimum Gasteiger partial charge on any atom is -0.350 e. The van der Waals surface area contributed by atoms with Crippen LogP contribution < -0.4 is 16.4 Å². The van der Waals surface area contributed by atoms with Gasteiger partial charge in [0.15, 0.2) is 0 Å². The van der Waals surface area contributed by atoms with E-state index in [4.69, 9.17) is 5.73 Å². The first-order chi connectivity index (χ1) is 9.52. The number of halogens is 2. The van der Waals surface area contributed by atoms with Gasteiger partial charge in [0.05, 0.1) is 6.54 Å². The highest BCUT2D eigenvalue weighted by Crippen LogP contribution is 2.20. The molecule has 0 bridgehead atoms. The van der Waals surface area contributed by atoms with Crippen LogP contribution in [0.4, 0.5) is 0 Å². The number of benzene rings is 1. The maximum atomic E-state index is 12.2. The lowest BCUT2D eigenvalue weighted by molar-refractivity contribution is -0.129. The molecule has 0 aliphatic heterocycles. The third-order valence-corrected chi connectivity index (χ3v) is 3.37. The van der Waals surface area contributed by atoms with E-state index < -0.39 is 11.4 Å². The summed E-state index contributed by atoms with van der Waals surface area (Å²) in [6, 6.07) is 7.19. The Bertz CT molecular complexity index is 525. The molecule has 0 aliphatic carbocycles. The van der Waals surface area contributed by atoms with E-state index in [2.05, 4.69) is 26.6 Å². The predicted octanol–water partition coefficient (Wildman–Crippen LogP) is 2.08. The van der Waals surface area contributed by atoms with Crippen molar-refractivity contribution in [1.82, 2.24) is 10.6 Å². The Hall–Kier alpha value is -1.11. The average molecular weight is 393 g/mol. The first kappa shape index (κ1) is 20.9. The zero-order valence-electron chi connectivity index (χ0n) is 13.2. The maximum Gasteiger partial charge on any atom is 0.244 e. The zero-order chi connectivity index (χ0) is 16.3. The number of nitrogens with one attached hydrogen (secondary N) is 2. The highest BCUT2D eigenvalue weighted by molar-refractivity contribution is 9.10. The van der Waals surface area contributed by atoms with Gasteiger partial charge in [-0.25, -0.2) is 0 Å². The second kappa shape index (κ2) is 7.94. The van der Waals surface area contributed by atoms with Crippen LogP contribution in [0.3, 0.4) is 0 Å². The first-order valence-corrected chi connectivity index (χ1v) is 7.46. The van der Waals surface area contributed by atoms with Crippen LogP contribution in [0.5, 0.6) is 0 Å². The van der Waals surface area contributed by atoms with Crippen LogP contribution in [-0.4, -0.2) is 23.9 Å². The Labute approximate surface area is 145 Å². The topological polar surface area (TPSA) is 84.2 Å². The van der Waals surface area contributed by atoms with Crippen LogP contribution >= 0.6 is 28.3 Å². The van der Waals surface area contributed by atoms with Crippen LogP contribution in [0.15, 0.2) is 28.7 Å². The summed E-state index contributed by atoms with van der Waals surface area (Å²) >= 11 is 3.33. The summed E-state index contributed by atoms with van der Waals surface area (Å²) in [6.45, 7) is 7.15. The van der Waals surface area contributed by atoms with Gasteiger partial charge in [0.1, 0.15) is 5.54 Å². The molecular formula is C15H23BrClN3O2. The molecule has 0 aromatic heterocycles. The molecule has 1 aromatic carbocycles. The highest BCUT2D eigenvalue weighted by atomic mass is 79.9. The van der Waals surface area contributed by atoms with Gasteiger partial charge in [-0.3, -0.25) is 9.59 Å². The zero-order valence-corrected chi connectivity index (χ0v) is 15.6. The van der Waals surface area contributed by atoms with Crippen molar-refractivity contribution in [2.45, 2.75) is 38.8 Å². The van der Waals surface area contributed by atoms with Gasteiger partial charge in [-0.15, -0.1) is 12.4 Å². The second-order valence-electron chi connectivity index (χ2n) is 6.19. The molecule has 2 amide bonds. The van der Waals surface area contributed by atoms with E-state index in [1.54, 1.807) is 19.1 Å². The molecule has 124 valence electrons. The summed E-state index contributed by atoms with van der Waals surface area (Å²) in [5.74, 6) is -0.642. The van der Waals surface area contributed by atoms with E-state index in [9.17, 15) is 9.59 Å². The molecule has 1 aromatic rings. The lowest BCUT2D eigenvalue weighted by Gasteiger charge is -2.25. The Morgan fingerprint density at radius 3 is 2.09 bits per heavy atom. The molecule has 1 atom stereocenters. The first-order valence-electron chi connectivity index (χ1n) is 6.66. The van der Waals surface area contributed by atoms with Crippen LogP contribution in [0.1, 0.15) is 33.3 Å². The molecule has 0 fully saturated rings. The van der Waals surface area contributed by atoms with Crippen LogP contribution in [0.2, 0.25) is 0 Å². The summed E-state index contributed by atoms with van der Waals surface area (Å²) in [5, 5.41) is 5.34. The number of carbonyl (C=O) groups excluding carboxylic acids is 2. The summed E-state index contributed by atoms with van der Waals surface area (Å²) in [6.07, 6.45) is 0. The molecule has 0 spiro atoms. The average Bonchev–Trinajstić information content (AvgIpc) is 2.34. The number of hydrogen-bond donors (Lipinski definition) is 3. The van der Waals surface area contributed by atoms with Crippen LogP contribution in [-0.2, 0) is 15.1 Å². The molecule has 4 N–H and O–H groups in total. The Morgan fingerprint density at radius 1 is 1.14 bits per heavy atom. The van der Waals surface area contributed by atoms with Gasteiger partial charge in [0.25, 0.3) is 0 Å². The predicted molar refractivity (Wildman–Crippen MR) is 93.8 cm³/mol. The van der Waals surface area contributed by atoms with Gasteiger partial charge in [0, 0.05) is 10.0 Å². The quantitative estimate of drug-likeness (QED) is 0.733. The lowest BCUT2D eigenvalue weighted by atomic mass is 9.92. The molecule has 0 radical (unpaired) electrons. The Kier molecular flexibility index (Phi) is 7.54. The highest BCUT2D eigenvalue weighted by Gasteiger charge is 2.30. The van der Waals surface area contributed by atoms with Crippen molar-refractivity contribution in [3.8, 4) is 0 Å². The van der Waals surface area contributed by atoms with Crippen LogP contribution in [0, 0.1) is 0 Å². The molecule has 0 heterocycles. The second-order valence-corrected chi connectivity index (χ2v) is 7.11. The van der Waals surface area contributed by atoms with Gasteiger partial charge in [0.2, 0.25) is 11.8 Å². The third-order valence-electron chi connectivity index (χ3n) is 2.84. The van der Waals surface area contributed by atoms with Gasteiger partial charge in [-0.2, -0.15) is 0 Å². The molecule has 0 saturated carbocycles. The number of amides is 2. The number of rotatable bonds is 4. The largest absolute Gasteiger partial charge is 0.350 e. The number of carbonyl (C=O) groups is 2. The lowest BCUT2D eigenvalue weighted by Crippen LogP contribution is -2.52. The minimum atomic E-state index is -1.19. The molecule has 0 aliphatic rings. The van der Waals surface area contributed by atoms with E-state index in [-0.39, 0.29) is 30.4 Å². The standard InChI is InChI=1S/C15H22BrN3O2.ClH/c1-14(2,3)19-12(20)9-18-13(21)15(4,17)10-5-7-11(16)8-6-10;/h5-8H,9,17H2,1-4H3,(H,18,21)(H,19,20);1H. The molecule has 22 heavy (non-hydrogen) atoms. The van der Waals surface area contributed by atoms with Crippen molar-refractivity contribution >= 4 is 40.2 Å². The number of hydrogen-bond acceptors (Lipinski definition) is 3. The molecular weight excluding hydrogens is 370 g/mol. The van der Waals surface area contributed by atoms with Crippen molar-refractivity contribution in [1.29, 1.82) is 0 Å². The Balaban J connectivity index is 0.00000441. The fourth-order valence-corrected chi connectivity index (χ4v) is 2.00. The van der Waals surface area contributed by atoms with Crippen molar-refractivity contribution < 1.29 is 9.59 Å². The molecule has 5 nitrogen and oxygen atoms in total. The van der Waals surface area contributed by atoms with Crippen molar-refractivity contribution in [2.24, 2.45) is 5.73 Å². The molecule has 7 heteroatoms. The van der Waals surface area contributed by atoms with Crippen molar-refractivity contribution in [2.75, 3.05) is 6.54 Å². The van der Waals surface area contributed by atoms with E-state index in [0.717, 1.165) is 4.47 Å². The molecule has 0 saturated heterocycles. The normalized spacial score (nSPS) is 13.5. The molecule has 1 unspecified atom stereocenters. The van der Waals surface area contributed by atoms with Gasteiger partial charge in [-0.1, -0.05) is 28.1 Å². The fourth-order valence-electron chi connectivity index (χ4n) is 1.73. The van der Waals surface area contributed by atoms with Gasteiger partial charge >= 0.3 is 0 Å². The third kappa shape index (κ3) is 6.34. The molecule has 1 rings (SSSR count). The maximum absolute atomic E-state index is 12.2. The smallest absolute Gasteiger partial charge is 0.244 e. The van der Waals surface area contributed by atoms with Crippen molar-refractivity contribution in [3.05, 3.63) is 34.3 Å². The van der Waals surface area contributed by atoms with Gasteiger partial charge < -0.3 is 16.4 Å². The van der Waals surface area contributed by atoms with Crippen molar-refractivity contribution in [3.63, 3.8) is 0 Å². The minimum absolute atomic E-state index is 0. The van der Waals surface area contributed by atoms with E-state index >= 15 is 0 Å². The van der Waals surface area contributed by atoms with E-state index in [1.807, 2.05) is 32.9 Å². The summed E-state index contributed by atoms with van der Waals surface area (Å²) in [7, 11) is 0. The van der Waals surface area contributed by atoms with E-state index in [1.165, 1.54) is 0 Å². The van der Waals surface area contributed by atoms with E-state index in [0.29, 0.717) is 5.56 Å². The SMILES string of the molecule is CC(C)(C)NC(=O)CNC(=O)C(C)(N)c1ccc(Br)cc1.Cl. The Morgan fingerprint density at radius 2 is 1.64 bits per heavy atom. The monoisotopic (exact) mass is 391 g/mol. The summed E-state index contributed by atoms with van der Waals surface area (Å²) in [5.41, 5.74) is 5.24.